The number of hydrogen-bond acceptors (Lipinski definition) is 6. The molecule has 3 aromatic rings. The van der Waals surface area contributed by atoms with Crippen molar-refractivity contribution in [3.05, 3.63) is 63.4 Å². The molecule has 2 N–H and O–H groups in total. The van der Waals surface area contributed by atoms with Crippen LogP contribution in [0, 0.1) is 10.9 Å². The second kappa shape index (κ2) is 8.68. The Hall–Kier alpha value is -3.17. The average Bonchev–Trinajstić information content (AvgIpc) is 3.12. The van der Waals surface area contributed by atoms with Crippen molar-refractivity contribution < 1.29 is 19.1 Å². The van der Waals surface area contributed by atoms with E-state index in [9.17, 15) is 9.59 Å². The Bertz CT molecular complexity index is 1140. The van der Waals surface area contributed by atoms with Crippen LogP contribution < -0.4 is 20.3 Å². The number of nitrogens with one attached hydrogen (secondary N) is 2. The van der Waals surface area contributed by atoms with Crippen LogP contribution in [0.1, 0.15) is 5.56 Å². The van der Waals surface area contributed by atoms with E-state index in [0.717, 1.165) is 16.8 Å². The molecule has 0 aliphatic carbocycles. The number of hydrogen-bond donors (Lipinski definition) is 2. The lowest BCUT2D eigenvalue weighted by Crippen LogP contribution is -2.51. The lowest BCUT2D eigenvalue weighted by molar-refractivity contribution is -0.135. The highest BCUT2D eigenvalue weighted by Crippen LogP contribution is 2.30. The quantitative estimate of drug-likeness (QED) is 0.480. The third-order valence-electron chi connectivity index (χ3n) is 4.56. The van der Waals surface area contributed by atoms with Crippen molar-refractivity contribution in [2.75, 3.05) is 6.61 Å². The van der Waals surface area contributed by atoms with Gasteiger partial charge in [-0.2, -0.15) is 0 Å². The molecule has 0 spiro atoms. The second-order valence-electron chi connectivity index (χ2n) is 6.74. The molecule has 2 aromatic carbocycles. The Kier molecular flexibility index (Phi) is 5.82. The van der Waals surface area contributed by atoms with E-state index < -0.39 is 17.9 Å². The van der Waals surface area contributed by atoms with Crippen LogP contribution >= 0.6 is 23.6 Å². The minimum absolute atomic E-state index is 0.0172. The molecule has 0 fully saturated rings. The zero-order valence-electron chi connectivity index (χ0n) is 16.1. The van der Waals surface area contributed by atoms with Crippen LogP contribution in [0.15, 0.2) is 53.9 Å². The number of nitrogens with zero attached hydrogens (tertiary/aromatic N) is 1. The summed E-state index contributed by atoms with van der Waals surface area (Å²) in [7, 11) is 0. The summed E-state index contributed by atoms with van der Waals surface area (Å²) in [5.74, 6) is 0.178. The maximum atomic E-state index is 12.4. The molecule has 154 valence electrons. The fraction of sp³-hybridized carbons (Fsp3) is 0.190. The summed E-state index contributed by atoms with van der Waals surface area (Å²) in [6.45, 7) is 2.06. The molecule has 0 bridgehead atoms. The summed E-state index contributed by atoms with van der Waals surface area (Å²) in [4.78, 5) is 24.8. The van der Waals surface area contributed by atoms with E-state index in [4.69, 9.17) is 21.7 Å². The molecule has 9 heteroatoms. The van der Waals surface area contributed by atoms with Crippen molar-refractivity contribution in [2.24, 2.45) is 0 Å². The highest BCUT2D eigenvalue weighted by atomic mass is 32.1. The van der Waals surface area contributed by atoms with Gasteiger partial charge in [0.15, 0.2) is 15.5 Å². The molecule has 1 aromatic heterocycles. The van der Waals surface area contributed by atoms with E-state index in [2.05, 4.69) is 10.9 Å². The number of carbonyl (C=O) groups excluding carboxylic acids is 2. The molecule has 2 amide bonds. The summed E-state index contributed by atoms with van der Waals surface area (Å²) in [6.07, 6.45) is -0.855. The van der Waals surface area contributed by atoms with Gasteiger partial charge in [-0.15, -0.1) is 11.3 Å². The lowest BCUT2D eigenvalue weighted by Gasteiger charge is -2.25. The largest absolute Gasteiger partial charge is 0.485 e. The zero-order chi connectivity index (χ0) is 21.1. The Balaban J connectivity index is 1.37. The lowest BCUT2D eigenvalue weighted by atomic mass is 10.1. The summed E-state index contributed by atoms with van der Waals surface area (Å²) < 4.78 is 13.5. The van der Waals surface area contributed by atoms with E-state index in [1.807, 2.05) is 42.6 Å². The van der Waals surface area contributed by atoms with Crippen molar-refractivity contribution >= 4 is 35.4 Å². The van der Waals surface area contributed by atoms with Gasteiger partial charge in [-0.05, 0) is 36.8 Å². The number of carbonyl (C=O) groups is 2. The SMILES string of the molecule is Cc1ccc(-c2csc(=S)n2CC(=O)NNC(=O)[C@H]2COc3ccccc3O2)cc1. The maximum absolute atomic E-state index is 12.4. The smallest absolute Gasteiger partial charge is 0.283 e. The number of aromatic nitrogens is 1. The molecule has 1 aliphatic heterocycles. The van der Waals surface area contributed by atoms with Gasteiger partial charge in [0.05, 0.1) is 5.69 Å². The van der Waals surface area contributed by atoms with E-state index in [1.54, 1.807) is 22.8 Å². The average molecular weight is 442 g/mol. The van der Waals surface area contributed by atoms with Crippen molar-refractivity contribution in [1.82, 2.24) is 15.4 Å². The van der Waals surface area contributed by atoms with Crippen LogP contribution in [0.3, 0.4) is 0 Å². The number of ether oxygens (including phenoxy) is 2. The first kappa shape index (κ1) is 20.1. The number of thiazole rings is 1. The molecule has 2 heterocycles. The van der Waals surface area contributed by atoms with E-state index in [1.165, 1.54) is 11.3 Å². The molecule has 30 heavy (non-hydrogen) atoms. The molecule has 0 unspecified atom stereocenters. The van der Waals surface area contributed by atoms with Crippen LogP contribution in [0.25, 0.3) is 11.3 Å². The molecule has 0 saturated heterocycles. The Morgan fingerprint density at radius 1 is 1.13 bits per heavy atom. The normalized spacial score (nSPS) is 14.8. The molecule has 1 atom stereocenters. The number of fused-ring (bicyclic) bond motifs is 1. The fourth-order valence-corrected chi connectivity index (χ4v) is 4.05. The minimum atomic E-state index is -0.855. The maximum Gasteiger partial charge on any atom is 0.283 e. The van der Waals surface area contributed by atoms with Gasteiger partial charge >= 0.3 is 0 Å². The predicted octanol–water partition coefficient (Wildman–Crippen LogP) is 3.24. The van der Waals surface area contributed by atoms with Crippen LogP contribution in [-0.2, 0) is 16.1 Å². The van der Waals surface area contributed by atoms with Crippen LogP contribution in [0.2, 0.25) is 0 Å². The molecule has 1 aliphatic rings. The van der Waals surface area contributed by atoms with Gasteiger partial charge in [0.25, 0.3) is 11.8 Å². The van der Waals surface area contributed by atoms with Crippen molar-refractivity contribution in [2.45, 2.75) is 19.6 Å². The van der Waals surface area contributed by atoms with Gasteiger partial charge in [0.2, 0.25) is 6.10 Å². The Morgan fingerprint density at radius 3 is 2.63 bits per heavy atom. The van der Waals surface area contributed by atoms with E-state index in [0.29, 0.717) is 15.5 Å². The summed E-state index contributed by atoms with van der Waals surface area (Å²) in [5.41, 5.74) is 7.79. The number of rotatable bonds is 4. The summed E-state index contributed by atoms with van der Waals surface area (Å²) >= 11 is 6.76. The van der Waals surface area contributed by atoms with Crippen molar-refractivity contribution in [3.63, 3.8) is 0 Å². The fourth-order valence-electron chi connectivity index (χ4n) is 2.97. The molecular formula is C21H19N3O4S2. The summed E-state index contributed by atoms with van der Waals surface area (Å²) in [6, 6.07) is 15.1. The van der Waals surface area contributed by atoms with Crippen molar-refractivity contribution in [1.29, 1.82) is 0 Å². The summed E-state index contributed by atoms with van der Waals surface area (Å²) in [5, 5.41) is 1.92. The standard InChI is InChI=1S/C21H19N3O4S2/c1-13-6-8-14(9-7-13)15-12-30-21(29)24(15)10-19(25)22-23-20(26)18-11-27-16-4-2-3-5-17(16)28-18/h2-9,12,18H,10-11H2,1H3,(H,22,25)(H,23,26)/t18-/m1/s1. The van der Waals surface area contributed by atoms with Gasteiger partial charge in [-0.1, -0.05) is 42.0 Å². The highest BCUT2D eigenvalue weighted by molar-refractivity contribution is 7.73. The number of hydrazine groups is 1. The topological polar surface area (TPSA) is 81.6 Å². The first-order chi connectivity index (χ1) is 14.5. The first-order valence-electron chi connectivity index (χ1n) is 9.24. The highest BCUT2D eigenvalue weighted by Gasteiger charge is 2.27. The number of benzene rings is 2. The second-order valence-corrected chi connectivity index (χ2v) is 8.24. The van der Waals surface area contributed by atoms with Crippen LogP contribution in [0.5, 0.6) is 11.5 Å². The Morgan fingerprint density at radius 2 is 1.87 bits per heavy atom. The van der Waals surface area contributed by atoms with Crippen LogP contribution in [-0.4, -0.2) is 29.1 Å². The van der Waals surface area contributed by atoms with Crippen LogP contribution in [0.4, 0.5) is 0 Å². The number of amides is 2. The predicted molar refractivity (Wildman–Crippen MR) is 116 cm³/mol. The van der Waals surface area contributed by atoms with Gasteiger partial charge in [0, 0.05) is 5.38 Å². The number of para-hydroxylation sites is 2. The third kappa shape index (κ3) is 4.37. The van der Waals surface area contributed by atoms with E-state index in [-0.39, 0.29) is 13.2 Å². The molecule has 0 saturated carbocycles. The van der Waals surface area contributed by atoms with E-state index >= 15 is 0 Å². The zero-order valence-corrected chi connectivity index (χ0v) is 17.7. The van der Waals surface area contributed by atoms with Gasteiger partial charge in [-0.25, -0.2) is 0 Å². The Labute approximate surface area is 182 Å². The monoisotopic (exact) mass is 441 g/mol. The number of aryl methyl sites for hydroxylation is 1. The third-order valence-corrected chi connectivity index (χ3v) is 5.83. The molecule has 4 rings (SSSR count). The van der Waals surface area contributed by atoms with Crippen molar-refractivity contribution in [3.8, 4) is 22.8 Å². The molecule has 7 nitrogen and oxygen atoms in total. The minimum Gasteiger partial charge on any atom is -0.485 e. The molecule has 0 radical (unpaired) electrons. The van der Waals surface area contributed by atoms with Gasteiger partial charge < -0.3 is 14.0 Å². The van der Waals surface area contributed by atoms with Gasteiger partial charge in [0.1, 0.15) is 13.2 Å². The first-order valence-corrected chi connectivity index (χ1v) is 10.5. The molecular weight excluding hydrogens is 422 g/mol. The van der Waals surface area contributed by atoms with Gasteiger partial charge in [-0.3, -0.25) is 20.4 Å².